The molecular weight excluding hydrogens is 266 g/mol. The van der Waals surface area contributed by atoms with Crippen LogP contribution < -0.4 is 0 Å². The lowest BCUT2D eigenvalue weighted by molar-refractivity contribution is -0.145. The minimum atomic E-state index is -5.09. The normalized spacial score (nSPS) is 12.6. The van der Waals surface area contributed by atoms with Crippen LogP contribution in [0, 0.1) is 0 Å². The van der Waals surface area contributed by atoms with Gasteiger partial charge >= 0.3 is 12.4 Å². The van der Waals surface area contributed by atoms with E-state index in [4.69, 9.17) is 5.11 Å². The zero-order valence-corrected chi connectivity index (χ0v) is 8.56. The molecule has 0 aliphatic heterocycles. The van der Waals surface area contributed by atoms with Crippen LogP contribution in [0.3, 0.4) is 0 Å². The fourth-order valence-corrected chi connectivity index (χ4v) is 1.44. The Labute approximate surface area is 96.8 Å². The lowest BCUT2D eigenvalue weighted by Gasteiger charge is -2.18. The Hall–Kier alpha value is -1.57. The second-order valence-corrected chi connectivity index (χ2v) is 3.37. The van der Waals surface area contributed by atoms with Crippen molar-refractivity contribution in [3.05, 3.63) is 34.4 Å². The van der Waals surface area contributed by atoms with Crippen molar-refractivity contribution < 1.29 is 36.2 Å². The summed E-state index contributed by atoms with van der Waals surface area (Å²) in [6.07, 6.45) is -10.3. The van der Waals surface area contributed by atoms with Crippen LogP contribution in [0.15, 0.2) is 12.1 Å². The van der Waals surface area contributed by atoms with E-state index in [1.54, 1.807) is 0 Å². The number of aliphatic hydroxyl groups excluding tert-OH is 1. The van der Waals surface area contributed by atoms with Gasteiger partial charge in [-0.2, -0.15) is 26.3 Å². The van der Waals surface area contributed by atoms with E-state index >= 15 is 0 Å². The molecule has 1 aromatic carbocycles. The second-order valence-electron chi connectivity index (χ2n) is 3.37. The third kappa shape index (κ3) is 2.81. The number of benzene rings is 1. The Balaban J connectivity index is 3.66. The van der Waals surface area contributed by atoms with Crippen molar-refractivity contribution in [2.45, 2.75) is 19.0 Å². The first kappa shape index (κ1) is 14.5. The molecule has 100 valence electrons. The van der Waals surface area contributed by atoms with Gasteiger partial charge in [-0.3, -0.25) is 4.79 Å². The molecule has 1 rings (SSSR count). The number of aldehydes is 1. The predicted octanol–water partition coefficient (Wildman–Crippen LogP) is 3.03. The molecule has 0 heterocycles. The molecule has 2 nitrogen and oxygen atoms in total. The van der Waals surface area contributed by atoms with Crippen LogP contribution in [0.1, 0.15) is 27.0 Å². The molecule has 1 N–H and O–H groups in total. The molecule has 0 saturated carbocycles. The molecule has 0 bridgehead atoms. The van der Waals surface area contributed by atoms with E-state index in [0.29, 0.717) is 0 Å². The number of aliphatic hydroxyl groups is 1. The SMILES string of the molecule is O=Cc1cc(C(F)(F)F)c(CO)c(C(F)(F)F)c1. The number of rotatable bonds is 2. The van der Waals surface area contributed by atoms with E-state index < -0.39 is 41.2 Å². The number of carbonyl (C=O) groups is 1. The Morgan fingerprint density at radius 3 is 1.61 bits per heavy atom. The molecule has 0 saturated heterocycles. The lowest BCUT2D eigenvalue weighted by Crippen LogP contribution is -2.17. The van der Waals surface area contributed by atoms with Gasteiger partial charge in [-0.25, -0.2) is 0 Å². The van der Waals surface area contributed by atoms with Crippen molar-refractivity contribution in [2.75, 3.05) is 0 Å². The maximum atomic E-state index is 12.5. The monoisotopic (exact) mass is 272 g/mol. The van der Waals surface area contributed by atoms with Gasteiger partial charge in [0.15, 0.2) is 0 Å². The Morgan fingerprint density at radius 1 is 1.00 bits per heavy atom. The van der Waals surface area contributed by atoms with Crippen molar-refractivity contribution in [3.8, 4) is 0 Å². The molecule has 0 fully saturated rings. The quantitative estimate of drug-likeness (QED) is 0.663. The highest BCUT2D eigenvalue weighted by Crippen LogP contribution is 2.40. The van der Waals surface area contributed by atoms with Gasteiger partial charge in [0.2, 0.25) is 0 Å². The second kappa shape index (κ2) is 4.60. The molecule has 8 heteroatoms. The van der Waals surface area contributed by atoms with Crippen LogP contribution >= 0.6 is 0 Å². The molecule has 0 radical (unpaired) electrons. The third-order valence-corrected chi connectivity index (χ3v) is 2.18. The predicted molar refractivity (Wildman–Crippen MR) is 47.8 cm³/mol. The summed E-state index contributed by atoms with van der Waals surface area (Å²) in [7, 11) is 0. The summed E-state index contributed by atoms with van der Waals surface area (Å²) in [4.78, 5) is 10.4. The first-order valence-corrected chi connectivity index (χ1v) is 4.48. The van der Waals surface area contributed by atoms with Gasteiger partial charge in [0.05, 0.1) is 17.7 Å². The fraction of sp³-hybridized carbons (Fsp3) is 0.300. The van der Waals surface area contributed by atoms with Crippen molar-refractivity contribution in [1.82, 2.24) is 0 Å². The molecule has 0 aliphatic rings. The molecule has 0 aromatic heterocycles. The molecule has 0 spiro atoms. The first-order chi connectivity index (χ1) is 8.11. The van der Waals surface area contributed by atoms with Crippen LogP contribution in [0.5, 0.6) is 0 Å². The summed E-state index contributed by atoms with van der Waals surface area (Å²) in [5.74, 6) is 0. The van der Waals surface area contributed by atoms with Gasteiger partial charge < -0.3 is 5.11 Å². The Morgan fingerprint density at radius 2 is 1.39 bits per heavy atom. The third-order valence-electron chi connectivity index (χ3n) is 2.18. The zero-order valence-electron chi connectivity index (χ0n) is 8.56. The molecule has 0 unspecified atom stereocenters. The summed E-state index contributed by atoms with van der Waals surface area (Å²) < 4.78 is 75.2. The van der Waals surface area contributed by atoms with E-state index in [9.17, 15) is 31.1 Å². The average molecular weight is 272 g/mol. The number of carbonyl (C=O) groups excluding carboxylic acids is 1. The van der Waals surface area contributed by atoms with Gasteiger partial charge in [0, 0.05) is 11.1 Å². The standard InChI is InChI=1S/C10H6F6O2/c11-9(12,13)7-1-5(3-17)2-8(6(7)4-18)10(14,15)16/h1-3,18H,4H2. The molecule has 0 atom stereocenters. The van der Waals surface area contributed by atoms with Crippen molar-refractivity contribution >= 4 is 6.29 Å². The first-order valence-electron chi connectivity index (χ1n) is 4.48. The summed E-state index contributed by atoms with van der Waals surface area (Å²) in [6, 6.07) is 0.543. The average Bonchev–Trinajstić information content (AvgIpc) is 2.24. The minimum absolute atomic E-state index is 0.119. The highest BCUT2D eigenvalue weighted by molar-refractivity contribution is 5.76. The molecule has 1 aromatic rings. The van der Waals surface area contributed by atoms with Crippen LogP contribution in [0.2, 0.25) is 0 Å². The number of alkyl halides is 6. The highest BCUT2D eigenvalue weighted by Gasteiger charge is 2.40. The van der Waals surface area contributed by atoms with Gasteiger partial charge in [-0.15, -0.1) is 0 Å². The van der Waals surface area contributed by atoms with E-state index in [0.717, 1.165) is 0 Å². The Kier molecular flexibility index (Phi) is 3.70. The van der Waals surface area contributed by atoms with E-state index in [1.807, 2.05) is 0 Å². The van der Waals surface area contributed by atoms with E-state index in [1.165, 1.54) is 0 Å². The highest BCUT2D eigenvalue weighted by atomic mass is 19.4. The van der Waals surface area contributed by atoms with Gasteiger partial charge in [0.25, 0.3) is 0 Å². The largest absolute Gasteiger partial charge is 0.416 e. The molecule has 18 heavy (non-hydrogen) atoms. The zero-order chi connectivity index (χ0) is 14.1. The smallest absolute Gasteiger partial charge is 0.392 e. The topological polar surface area (TPSA) is 37.3 Å². The van der Waals surface area contributed by atoms with E-state index in [-0.39, 0.29) is 18.4 Å². The van der Waals surface area contributed by atoms with Crippen molar-refractivity contribution in [3.63, 3.8) is 0 Å². The maximum absolute atomic E-state index is 12.5. The van der Waals surface area contributed by atoms with Gasteiger partial charge in [-0.1, -0.05) is 0 Å². The number of hydrogen-bond donors (Lipinski definition) is 1. The van der Waals surface area contributed by atoms with Crippen LogP contribution in [-0.2, 0) is 19.0 Å². The van der Waals surface area contributed by atoms with Crippen LogP contribution in [-0.4, -0.2) is 11.4 Å². The summed E-state index contributed by atoms with van der Waals surface area (Å²) in [5.41, 5.74) is -5.38. The fourth-order valence-electron chi connectivity index (χ4n) is 1.44. The van der Waals surface area contributed by atoms with Gasteiger partial charge in [-0.05, 0) is 12.1 Å². The minimum Gasteiger partial charge on any atom is -0.392 e. The number of halogens is 6. The molecule has 0 amide bonds. The van der Waals surface area contributed by atoms with Crippen molar-refractivity contribution in [2.24, 2.45) is 0 Å². The molecule has 0 aliphatic carbocycles. The van der Waals surface area contributed by atoms with Crippen LogP contribution in [0.4, 0.5) is 26.3 Å². The van der Waals surface area contributed by atoms with Crippen LogP contribution in [0.25, 0.3) is 0 Å². The van der Waals surface area contributed by atoms with E-state index in [2.05, 4.69) is 0 Å². The molecular formula is C10H6F6O2. The lowest BCUT2D eigenvalue weighted by atomic mass is 9.97. The number of hydrogen-bond acceptors (Lipinski definition) is 2. The summed E-state index contributed by atoms with van der Waals surface area (Å²) in [6.45, 7) is -1.43. The summed E-state index contributed by atoms with van der Waals surface area (Å²) >= 11 is 0. The maximum Gasteiger partial charge on any atom is 0.416 e. The van der Waals surface area contributed by atoms with Gasteiger partial charge in [0.1, 0.15) is 6.29 Å². The van der Waals surface area contributed by atoms with Crippen molar-refractivity contribution in [1.29, 1.82) is 0 Å². The Bertz CT molecular complexity index is 425. The summed E-state index contributed by atoms with van der Waals surface area (Å²) in [5, 5.41) is 8.70.